The molecular weight excluding hydrogens is 248 g/mol. The number of methoxy groups -OCH3 is 1. The third kappa shape index (κ3) is 7.51. The molecule has 3 nitrogen and oxygen atoms in total. The predicted octanol–water partition coefficient (Wildman–Crippen LogP) is 3.15. The Kier molecular flexibility index (Phi) is 8.31. The van der Waals surface area contributed by atoms with Crippen molar-refractivity contribution >= 4 is 0 Å². The number of hydrogen-bond acceptors (Lipinski definition) is 3. The van der Waals surface area contributed by atoms with Crippen molar-refractivity contribution in [3.63, 3.8) is 0 Å². The monoisotopic (exact) mass is 278 g/mol. The summed E-state index contributed by atoms with van der Waals surface area (Å²) in [6, 6.07) is 8.29. The van der Waals surface area contributed by atoms with Gasteiger partial charge in [-0.25, -0.2) is 0 Å². The van der Waals surface area contributed by atoms with Crippen LogP contribution in [0.1, 0.15) is 32.3 Å². The highest BCUT2D eigenvalue weighted by Crippen LogP contribution is 2.13. The van der Waals surface area contributed by atoms with Gasteiger partial charge in [0.25, 0.3) is 0 Å². The second-order valence-electron chi connectivity index (χ2n) is 5.88. The molecule has 0 saturated carbocycles. The van der Waals surface area contributed by atoms with Gasteiger partial charge in [0.05, 0.1) is 7.11 Å². The van der Waals surface area contributed by atoms with Crippen molar-refractivity contribution in [3.05, 3.63) is 29.8 Å². The number of rotatable bonds is 10. The van der Waals surface area contributed by atoms with Crippen LogP contribution in [0.5, 0.6) is 5.75 Å². The molecule has 0 radical (unpaired) electrons. The second kappa shape index (κ2) is 9.78. The van der Waals surface area contributed by atoms with Crippen molar-refractivity contribution in [3.8, 4) is 5.75 Å². The lowest BCUT2D eigenvalue weighted by Gasteiger charge is -2.17. The smallest absolute Gasteiger partial charge is 0.119 e. The fraction of sp³-hybridized carbons (Fsp3) is 0.647. The zero-order chi connectivity index (χ0) is 14.8. The SMILES string of the molecule is COc1cccc(CN(C)CCNCCCC(C)C)c1. The van der Waals surface area contributed by atoms with Gasteiger partial charge >= 0.3 is 0 Å². The molecule has 1 aromatic carbocycles. The maximum atomic E-state index is 5.25. The van der Waals surface area contributed by atoms with Gasteiger partial charge in [0.1, 0.15) is 5.75 Å². The third-order valence-electron chi connectivity index (χ3n) is 3.39. The van der Waals surface area contributed by atoms with E-state index in [9.17, 15) is 0 Å². The summed E-state index contributed by atoms with van der Waals surface area (Å²) >= 11 is 0. The molecule has 1 N–H and O–H groups in total. The highest BCUT2D eigenvalue weighted by atomic mass is 16.5. The molecule has 0 amide bonds. The summed E-state index contributed by atoms with van der Waals surface area (Å²) in [7, 11) is 3.87. The largest absolute Gasteiger partial charge is 0.497 e. The molecule has 20 heavy (non-hydrogen) atoms. The minimum Gasteiger partial charge on any atom is -0.497 e. The van der Waals surface area contributed by atoms with Crippen LogP contribution in [0.4, 0.5) is 0 Å². The van der Waals surface area contributed by atoms with Gasteiger partial charge in [-0.1, -0.05) is 26.0 Å². The fourth-order valence-corrected chi connectivity index (χ4v) is 2.19. The van der Waals surface area contributed by atoms with Gasteiger partial charge in [0.15, 0.2) is 0 Å². The quantitative estimate of drug-likeness (QED) is 0.665. The van der Waals surface area contributed by atoms with E-state index in [-0.39, 0.29) is 0 Å². The van der Waals surface area contributed by atoms with Gasteiger partial charge in [-0.05, 0) is 50.0 Å². The Labute approximate surface area is 124 Å². The lowest BCUT2D eigenvalue weighted by Crippen LogP contribution is -2.29. The number of nitrogens with zero attached hydrogens (tertiary/aromatic N) is 1. The van der Waals surface area contributed by atoms with Crippen LogP contribution in [0.15, 0.2) is 24.3 Å². The average Bonchev–Trinajstić information content (AvgIpc) is 2.42. The molecule has 1 rings (SSSR count). The fourth-order valence-electron chi connectivity index (χ4n) is 2.19. The van der Waals surface area contributed by atoms with E-state index in [2.05, 4.69) is 43.2 Å². The van der Waals surface area contributed by atoms with Gasteiger partial charge in [0.2, 0.25) is 0 Å². The number of nitrogens with one attached hydrogen (secondary N) is 1. The zero-order valence-corrected chi connectivity index (χ0v) is 13.5. The highest BCUT2D eigenvalue weighted by Gasteiger charge is 2.01. The van der Waals surface area contributed by atoms with Crippen LogP contribution in [0.3, 0.4) is 0 Å². The Hall–Kier alpha value is -1.06. The van der Waals surface area contributed by atoms with Crippen LogP contribution >= 0.6 is 0 Å². The van der Waals surface area contributed by atoms with Crippen LogP contribution in [0.25, 0.3) is 0 Å². The van der Waals surface area contributed by atoms with E-state index in [0.717, 1.165) is 37.8 Å². The van der Waals surface area contributed by atoms with E-state index in [1.165, 1.54) is 18.4 Å². The Balaban J connectivity index is 2.15. The zero-order valence-electron chi connectivity index (χ0n) is 13.5. The molecule has 0 fully saturated rings. The summed E-state index contributed by atoms with van der Waals surface area (Å²) in [6.45, 7) is 8.78. The average molecular weight is 278 g/mol. The standard InChI is InChI=1S/C17H30N2O/c1-15(2)7-6-10-18-11-12-19(3)14-16-8-5-9-17(13-16)20-4/h5,8-9,13,15,18H,6-7,10-12,14H2,1-4H3. The molecule has 0 aliphatic rings. The Morgan fingerprint density at radius 2 is 2.05 bits per heavy atom. The van der Waals surface area contributed by atoms with Gasteiger partial charge in [-0.15, -0.1) is 0 Å². The first-order valence-electron chi connectivity index (χ1n) is 7.64. The minimum absolute atomic E-state index is 0.813. The Morgan fingerprint density at radius 1 is 1.25 bits per heavy atom. The van der Waals surface area contributed by atoms with Crippen LogP contribution in [-0.4, -0.2) is 38.7 Å². The normalized spacial score (nSPS) is 11.3. The maximum absolute atomic E-state index is 5.25. The summed E-state index contributed by atoms with van der Waals surface area (Å²) in [5.41, 5.74) is 1.30. The van der Waals surface area contributed by atoms with Gasteiger partial charge < -0.3 is 15.0 Å². The van der Waals surface area contributed by atoms with Crippen molar-refractivity contribution in [2.45, 2.75) is 33.2 Å². The van der Waals surface area contributed by atoms with E-state index in [1.807, 2.05) is 12.1 Å². The molecule has 0 unspecified atom stereocenters. The molecule has 3 heteroatoms. The third-order valence-corrected chi connectivity index (χ3v) is 3.39. The molecule has 1 aromatic rings. The Bertz CT molecular complexity index is 366. The molecule has 114 valence electrons. The van der Waals surface area contributed by atoms with E-state index < -0.39 is 0 Å². The topological polar surface area (TPSA) is 24.5 Å². The number of hydrogen-bond donors (Lipinski definition) is 1. The lowest BCUT2D eigenvalue weighted by molar-refractivity contribution is 0.322. The Morgan fingerprint density at radius 3 is 2.75 bits per heavy atom. The van der Waals surface area contributed by atoms with Gasteiger partial charge in [-0.3, -0.25) is 0 Å². The highest BCUT2D eigenvalue weighted by molar-refractivity contribution is 5.28. The van der Waals surface area contributed by atoms with Crippen molar-refractivity contribution in [2.24, 2.45) is 5.92 Å². The molecule has 0 aliphatic carbocycles. The summed E-state index contributed by atoms with van der Waals surface area (Å²) < 4.78 is 5.25. The summed E-state index contributed by atoms with van der Waals surface area (Å²) in [4.78, 5) is 2.34. The van der Waals surface area contributed by atoms with Crippen LogP contribution < -0.4 is 10.1 Å². The van der Waals surface area contributed by atoms with Gasteiger partial charge in [0, 0.05) is 19.6 Å². The first-order chi connectivity index (χ1) is 9.61. The van der Waals surface area contributed by atoms with Crippen molar-refractivity contribution in [2.75, 3.05) is 33.8 Å². The predicted molar refractivity (Wildman–Crippen MR) is 86.3 cm³/mol. The lowest BCUT2D eigenvalue weighted by atomic mass is 10.1. The second-order valence-corrected chi connectivity index (χ2v) is 5.88. The van der Waals surface area contributed by atoms with E-state index in [0.29, 0.717) is 0 Å². The molecular formula is C17H30N2O. The molecule has 0 aromatic heterocycles. The van der Waals surface area contributed by atoms with Crippen LogP contribution in [-0.2, 0) is 6.54 Å². The first-order valence-corrected chi connectivity index (χ1v) is 7.64. The number of benzene rings is 1. The molecule has 0 atom stereocenters. The van der Waals surface area contributed by atoms with Crippen molar-refractivity contribution < 1.29 is 4.74 Å². The van der Waals surface area contributed by atoms with Gasteiger partial charge in [-0.2, -0.15) is 0 Å². The van der Waals surface area contributed by atoms with Crippen molar-refractivity contribution in [1.82, 2.24) is 10.2 Å². The molecule has 0 saturated heterocycles. The molecule has 0 spiro atoms. The van der Waals surface area contributed by atoms with Crippen LogP contribution in [0.2, 0.25) is 0 Å². The minimum atomic E-state index is 0.813. The number of ether oxygens (including phenoxy) is 1. The van der Waals surface area contributed by atoms with E-state index >= 15 is 0 Å². The van der Waals surface area contributed by atoms with Crippen LogP contribution in [0, 0.1) is 5.92 Å². The molecule has 0 heterocycles. The summed E-state index contributed by atoms with van der Waals surface area (Å²) in [5, 5.41) is 3.51. The van der Waals surface area contributed by atoms with Crippen molar-refractivity contribution in [1.29, 1.82) is 0 Å². The number of likely N-dealkylation sites (N-methyl/N-ethyl adjacent to an activating group) is 1. The summed E-state index contributed by atoms with van der Waals surface area (Å²) in [6.07, 6.45) is 2.59. The summed E-state index contributed by atoms with van der Waals surface area (Å²) in [5.74, 6) is 1.75. The van der Waals surface area contributed by atoms with E-state index in [4.69, 9.17) is 4.74 Å². The first kappa shape index (κ1) is 17.0. The maximum Gasteiger partial charge on any atom is 0.119 e. The van der Waals surface area contributed by atoms with E-state index in [1.54, 1.807) is 7.11 Å². The molecule has 0 bridgehead atoms. The molecule has 0 aliphatic heterocycles.